The maximum Gasteiger partial charge on any atom is 0.340 e. The predicted molar refractivity (Wildman–Crippen MR) is 79.1 cm³/mol. The third-order valence-corrected chi connectivity index (χ3v) is 3.36. The van der Waals surface area contributed by atoms with Gasteiger partial charge in [0.05, 0.1) is 23.3 Å². The summed E-state index contributed by atoms with van der Waals surface area (Å²) in [6, 6.07) is 1.41. The monoisotopic (exact) mass is 307 g/mol. The third kappa shape index (κ3) is 2.64. The van der Waals surface area contributed by atoms with Crippen molar-refractivity contribution in [2.45, 2.75) is 6.92 Å². The number of rotatable bonds is 4. The summed E-state index contributed by atoms with van der Waals surface area (Å²) in [6.07, 6.45) is 0. The van der Waals surface area contributed by atoms with E-state index in [0.29, 0.717) is 5.69 Å². The fraction of sp³-hybridized carbons (Fsp3) is 0.429. The molecular weight excluding hydrogens is 290 g/mol. The molecule has 0 N–H and O–H groups in total. The lowest BCUT2D eigenvalue weighted by Crippen LogP contribution is -2.37. The number of carbonyl (C=O) groups is 1. The van der Waals surface area contributed by atoms with Gasteiger partial charge in [-0.1, -0.05) is 0 Å². The SMILES string of the molecule is COCCOC(=O)c1cc2c(=O)n(C)c(=O)n(C)c2nc1C. The highest BCUT2D eigenvalue weighted by atomic mass is 16.6. The van der Waals surface area contributed by atoms with E-state index in [1.165, 1.54) is 31.8 Å². The van der Waals surface area contributed by atoms with Gasteiger partial charge >= 0.3 is 11.7 Å². The van der Waals surface area contributed by atoms with Crippen molar-refractivity contribution in [3.63, 3.8) is 0 Å². The van der Waals surface area contributed by atoms with E-state index in [-0.39, 0.29) is 29.8 Å². The first-order valence-electron chi connectivity index (χ1n) is 6.62. The van der Waals surface area contributed by atoms with Crippen molar-refractivity contribution < 1.29 is 14.3 Å². The molecule has 0 saturated carbocycles. The Morgan fingerprint density at radius 1 is 1.23 bits per heavy atom. The summed E-state index contributed by atoms with van der Waals surface area (Å²) >= 11 is 0. The van der Waals surface area contributed by atoms with E-state index in [9.17, 15) is 14.4 Å². The molecule has 2 rings (SSSR count). The lowest BCUT2D eigenvalue weighted by atomic mass is 10.1. The van der Waals surface area contributed by atoms with Crippen molar-refractivity contribution in [1.82, 2.24) is 14.1 Å². The summed E-state index contributed by atoms with van der Waals surface area (Å²) in [4.78, 5) is 40.3. The molecule has 2 aromatic heterocycles. The van der Waals surface area contributed by atoms with E-state index < -0.39 is 17.2 Å². The van der Waals surface area contributed by atoms with Crippen molar-refractivity contribution in [1.29, 1.82) is 0 Å². The van der Waals surface area contributed by atoms with Crippen LogP contribution in [-0.2, 0) is 23.6 Å². The van der Waals surface area contributed by atoms with Crippen LogP contribution in [0, 0.1) is 6.92 Å². The first-order chi connectivity index (χ1) is 10.4. The number of pyridine rings is 1. The normalized spacial score (nSPS) is 10.9. The molecule has 22 heavy (non-hydrogen) atoms. The summed E-state index contributed by atoms with van der Waals surface area (Å²) in [6.45, 7) is 2.01. The van der Waals surface area contributed by atoms with Crippen LogP contribution < -0.4 is 11.2 Å². The van der Waals surface area contributed by atoms with E-state index >= 15 is 0 Å². The van der Waals surface area contributed by atoms with Gasteiger partial charge in [0.1, 0.15) is 12.3 Å². The van der Waals surface area contributed by atoms with Gasteiger partial charge in [0, 0.05) is 21.2 Å². The Morgan fingerprint density at radius 2 is 1.91 bits per heavy atom. The minimum absolute atomic E-state index is 0.109. The summed E-state index contributed by atoms with van der Waals surface area (Å²) in [7, 11) is 4.40. The molecule has 8 heteroatoms. The van der Waals surface area contributed by atoms with E-state index in [0.717, 1.165) is 4.57 Å². The molecule has 0 bridgehead atoms. The highest BCUT2D eigenvalue weighted by Crippen LogP contribution is 2.13. The molecule has 0 aromatic carbocycles. The first-order valence-corrected chi connectivity index (χ1v) is 6.62. The average molecular weight is 307 g/mol. The quantitative estimate of drug-likeness (QED) is 0.571. The number of methoxy groups -OCH3 is 1. The second kappa shape index (κ2) is 6.10. The molecule has 0 spiro atoms. The van der Waals surface area contributed by atoms with Crippen LogP contribution in [0.1, 0.15) is 16.1 Å². The smallest absolute Gasteiger partial charge is 0.340 e. The van der Waals surface area contributed by atoms with Crippen LogP contribution in [0.5, 0.6) is 0 Å². The molecule has 0 amide bonds. The van der Waals surface area contributed by atoms with Crippen molar-refractivity contribution in [2.24, 2.45) is 14.1 Å². The molecule has 2 aromatic rings. The molecule has 0 radical (unpaired) electrons. The Hall–Kier alpha value is -2.48. The van der Waals surface area contributed by atoms with Crippen LogP contribution >= 0.6 is 0 Å². The molecule has 118 valence electrons. The van der Waals surface area contributed by atoms with E-state index in [1.807, 2.05) is 0 Å². The highest BCUT2D eigenvalue weighted by molar-refractivity contribution is 5.94. The van der Waals surface area contributed by atoms with Gasteiger partial charge in [0.15, 0.2) is 0 Å². The molecule has 0 fully saturated rings. The van der Waals surface area contributed by atoms with Gasteiger partial charge in [-0.05, 0) is 13.0 Å². The fourth-order valence-corrected chi connectivity index (χ4v) is 2.09. The predicted octanol–water partition coefficient (Wildman–Crippen LogP) is -0.256. The Balaban J connectivity index is 2.60. The zero-order chi connectivity index (χ0) is 16.4. The lowest BCUT2D eigenvalue weighted by Gasteiger charge is -2.10. The molecular formula is C14H17N3O5. The molecule has 0 unspecified atom stereocenters. The number of ether oxygens (including phenoxy) is 2. The van der Waals surface area contributed by atoms with Crippen LogP contribution in [-0.4, -0.2) is 40.4 Å². The van der Waals surface area contributed by atoms with Crippen molar-refractivity contribution >= 4 is 17.0 Å². The van der Waals surface area contributed by atoms with Gasteiger partial charge in [-0.25, -0.2) is 14.6 Å². The van der Waals surface area contributed by atoms with Crippen molar-refractivity contribution in [3.8, 4) is 0 Å². The zero-order valence-corrected chi connectivity index (χ0v) is 12.9. The Morgan fingerprint density at radius 3 is 2.55 bits per heavy atom. The number of nitrogens with zero attached hydrogens (tertiary/aromatic N) is 3. The van der Waals surface area contributed by atoms with E-state index in [1.54, 1.807) is 6.92 Å². The fourth-order valence-electron chi connectivity index (χ4n) is 2.09. The Labute approximate surface area is 125 Å². The second-order valence-electron chi connectivity index (χ2n) is 4.83. The largest absolute Gasteiger partial charge is 0.460 e. The van der Waals surface area contributed by atoms with Crippen molar-refractivity contribution in [2.75, 3.05) is 20.3 Å². The van der Waals surface area contributed by atoms with Crippen molar-refractivity contribution in [3.05, 3.63) is 38.2 Å². The summed E-state index contributed by atoms with van der Waals surface area (Å²) < 4.78 is 12.1. The van der Waals surface area contributed by atoms with Crippen LogP contribution in [0.3, 0.4) is 0 Å². The minimum Gasteiger partial charge on any atom is -0.460 e. The molecule has 0 aliphatic carbocycles. The molecule has 0 saturated heterocycles. The maximum atomic E-state index is 12.2. The average Bonchev–Trinajstić information content (AvgIpc) is 2.50. The Bertz CT molecular complexity index is 850. The standard InChI is InChI=1S/C14H17N3O5/c1-8-9(13(19)22-6-5-21-4)7-10-11(15-8)16(2)14(20)17(3)12(10)18/h7H,5-6H2,1-4H3. The summed E-state index contributed by atoms with van der Waals surface area (Å²) in [5.41, 5.74) is -0.159. The number of hydrogen-bond acceptors (Lipinski definition) is 6. The van der Waals surface area contributed by atoms with Gasteiger partial charge in [-0.2, -0.15) is 0 Å². The molecule has 8 nitrogen and oxygen atoms in total. The van der Waals surface area contributed by atoms with E-state index in [4.69, 9.17) is 9.47 Å². The molecule has 0 atom stereocenters. The molecule has 0 aliphatic rings. The van der Waals surface area contributed by atoms with Crippen LogP contribution in [0.25, 0.3) is 11.0 Å². The van der Waals surface area contributed by atoms with Gasteiger partial charge in [-0.3, -0.25) is 13.9 Å². The number of aromatic nitrogens is 3. The summed E-state index contributed by atoms with van der Waals surface area (Å²) in [5.74, 6) is -0.583. The number of esters is 1. The van der Waals surface area contributed by atoms with Crippen LogP contribution in [0.4, 0.5) is 0 Å². The van der Waals surface area contributed by atoms with Gasteiger partial charge in [0.25, 0.3) is 5.56 Å². The third-order valence-electron chi connectivity index (χ3n) is 3.36. The lowest BCUT2D eigenvalue weighted by molar-refractivity contribution is 0.0387. The number of aryl methyl sites for hydroxylation is 2. The molecule has 0 aliphatic heterocycles. The van der Waals surface area contributed by atoms with E-state index in [2.05, 4.69) is 4.98 Å². The van der Waals surface area contributed by atoms with Crippen LogP contribution in [0.15, 0.2) is 15.7 Å². The molecule has 2 heterocycles. The van der Waals surface area contributed by atoms with Gasteiger partial charge < -0.3 is 9.47 Å². The Kier molecular flexibility index (Phi) is 4.41. The van der Waals surface area contributed by atoms with Crippen LogP contribution in [0.2, 0.25) is 0 Å². The zero-order valence-electron chi connectivity index (χ0n) is 12.9. The van der Waals surface area contributed by atoms with Gasteiger partial charge in [-0.15, -0.1) is 0 Å². The topological polar surface area (TPSA) is 92.4 Å². The maximum absolute atomic E-state index is 12.2. The minimum atomic E-state index is -0.583. The highest BCUT2D eigenvalue weighted by Gasteiger charge is 2.17. The number of fused-ring (bicyclic) bond motifs is 1. The summed E-state index contributed by atoms with van der Waals surface area (Å²) in [5, 5.41) is 0.189. The number of hydrogen-bond donors (Lipinski definition) is 0. The number of carbonyl (C=O) groups excluding carboxylic acids is 1. The van der Waals surface area contributed by atoms with Gasteiger partial charge in [0.2, 0.25) is 0 Å². The first kappa shape index (κ1) is 15.9. The second-order valence-corrected chi connectivity index (χ2v) is 4.83.